The maximum Gasteiger partial charge on any atom is 0.291 e. The van der Waals surface area contributed by atoms with Crippen LogP contribution in [0.3, 0.4) is 0 Å². The summed E-state index contributed by atoms with van der Waals surface area (Å²) in [6.45, 7) is 6.74. The van der Waals surface area contributed by atoms with Gasteiger partial charge in [-0.05, 0) is 25.0 Å². The normalized spacial score (nSPS) is 18.3. The molecular formula is C20H25F4N7O2S2. The van der Waals surface area contributed by atoms with E-state index in [1.807, 2.05) is 11.8 Å². The van der Waals surface area contributed by atoms with Gasteiger partial charge < -0.3 is 10.2 Å². The minimum atomic E-state index is -4.37. The van der Waals surface area contributed by atoms with Crippen molar-refractivity contribution in [1.82, 2.24) is 29.8 Å². The summed E-state index contributed by atoms with van der Waals surface area (Å²) in [4.78, 5) is 6.12. The molecule has 3 aromatic rings. The summed E-state index contributed by atoms with van der Waals surface area (Å²) in [7, 11) is -4.37. The predicted molar refractivity (Wildman–Crippen MR) is 124 cm³/mol. The zero-order chi connectivity index (χ0) is 25.5. The number of nitrogens with zero attached hydrogens (tertiary/aromatic N) is 5. The molecule has 15 heteroatoms. The largest absolute Gasteiger partial charge is 0.367 e. The number of hydrogen-bond acceptors (Lipinski definition) is 8. The molecule has 0 unspecified atom stereocenters. The number of imidazole rings is 1. The van der Waals surface area contributed by atoms with E-state index in [0.29, 0.717) is 42.2 Å². The standard InChI is InChI=1S/C20H25F4N7O2S2/c1-10(2)15(17(21)22)29-35(32,33)12-6-13(30-5-4-25-11(3)8-30)16-14(7-12)31(9-26-16)20-28-27-19(34-20)18(23)24/h6-7,9-11,15,17-18,25,29H,4-5,8H2,1-3H3/t11-,15+/m0/s1. The van der Waals surface area contributed by atoms with Crippen molar-refractivity contribution in [2.45, 2.75) is 50.6 Å². The van der Waals surface area contributed by atoms with Gasteiger partial charge >= 0.3 is 0 Å². The van der Waals surface area contributed by atoms with Crippen LogP contribution in [0, 0.1) is 5.92 Å². The van der Waals surface area contributed by atoms with Crippen LogP contribution in [0.25, 0.3) is 16.2 Å². The average Bonchev–Trinajstić information content (AvgIpc) is 3.43. The third kappa shape index (κ3) is 5.27. The van der Waals surface area contributed by atoms with Gasteiger partial charge in [-0.25, -0.2) is 35.7 Å². The highest BCUT2D eigenvalue weighted by molar-refractivity contribution is 7.89. The molecule has 0 saturated carbocycles. The van der Waals surface area contributed by atoms with Gasteiger partial charge in [0.1, 0.15) is 11.8 Å². The topological polar surface area (TPSA) is 105 Å². The van der Waals surface area contributed by atoms with E-state index in [1.165, 1.54) is 36.9 Å². The lowest BCUT2D eigenvalue weighted by Gasteiger charge is -2.34. The molecule has 0 radical (unpaired) electrons. The first-order valence-electron chi connectivity index (χ1n) is 10.9. The van der Waals surface area contributed by atoms with Crippen LogP contribution in [-0.2, 0) is 10.0 Å². The van der Waals surface area contributed by atoms with Crippen LogP contribution in [-0.4, -0.2) is 66.3 Å². The molecule has 0 aliphatic carbocycles. The molecule has 1 saturated heterocycles. The van der Waals surface area contributed by atoms with E-state index in [0.717, 1.165) is 0 Å². The molecule has 35 heavy (non-hydrogen) atoms. The maximum absolute atomic E-state index is 13.5. The molecule has 1 aliphatic rings. The Labute approximate surface area is 203 Å². The van der Waals surface area contributed by atoms with Crippen LogP contribution in [0.2, 0.25) is 0 Å². The number of rotatable bonds is 8. The third-order valence-electron chi connectivity index (χ3n) is 5.73. The average molecular weight is 536 g/mol. The molecule has 2 atom stereocenters. The highest BCUT2D eigenvalue weighted by atomic mass is 32.2. The Kier molecular flexibility index (Phi) is 7.31. The molecule has 1 fully saturated rings. The lowest BCUT2D eigenvalue weighted by Crippen LogP contribution is -2.49. The lowest BCUT2D eigenvalue weighted by molar-refractivity contribution is 0.0880. The highest BCUT2D eigenvalue weighted by Gasteiger charge is 2.31. The lowest BCUT2D eigenvalue weighted by atomic mass is 10.1. The summed E-state index contributed by atoms with van der Waals surface area (Å²) in [5, 5.41) is 10.2. The molecule has 4 rings (SSSR count). The number of fused-ring (bicyclic) bond motifs is 1. The maximum atomic E-state index is 13.5. The molecule has 9 nitrogen and oxygen atoms in total. The summed E-state index contributed by atoms with van der Waals surface area (Å²) in [5.74, 6) is -0.651. The van der Waals surface area contributed by atoms with E-state index in [1.54, 1.807) is 0 Å². The zero-order valence-corrected chi connectivity index (χ0v) is 20.8. The summed E-state index contributed by atoms with van der Waals surface area (Å²) in [5.41, 5.74) is 1.21. The van der Waals surface area contributed by atoms with Gasteiger partial charge in [0.15, 0.2) is 5.01 Å². The van der Waals surface area contributed by atoms with Crippen molar-refractivity contribution in [1.29, 1.82) is 0 Å². The Morgan fingerprint density at radius 3 is 2.54 bits per heavy atom. The van der Waals surface area contributed by atoms with Gasteiger partial charge in [0.2, 0.25) is 15.2 Å². The Morgan fingerprint density at radius 2 is 1.94 bits per heavy atom. The fourth-order valence-electron chi connectivity index (χ4n) is 3.91. The summed E-state index contributed by atoms with van der Waals surface area (Å²) in [6.07, 6.45) is -4.35. The fourth-order valence-corrected chi connectivity index (χ4v) is 6.00. The van der Waals surface area contributed by atoms with E-state index in [9.17, 15) is 26.0 Å². The Balaban J connectivity index is 1.87. The number of sulfonamides is 1. The molecule has 192 valence electrons. The second-order valence-corrected chi connectivity index (χ2v) is 11.4. The van der Waals surface area contributed by atoms with Gasteiger partial charge in [-0.2, -0.15) is 0 Å². The minimum absolute atomic E-state index is 0.0811. The van der Waals surface area contributed by atoms with Crippen LogP contribution in [0.1, 0.15) is 32.2 Å². The Bertz CT molecular complexity index is 1290. The first kappa shape index (κ1) is 25.7. The van der Waals surface area contributed by atoms with Crippen molar-refractivity contribution in [2.24, 2.45) is 5.92 Å². The summed E-state index contributed by atoms with van der Waals surface area (Å²) in [6, 6.07) is 1.22. The van der Waals surface area contributed by atoms with E-state index in [-0.39, 0.29) is 21.6 Å². The Hall–Kier alpha value is -2.36. The number of alkyl halides is 4. The van der Waals surface area contributed by atoms with E-state index >= 15 is 0 Å². The van der Waals surface area contributed by atoms with E-state index in [4.69, 9.17) is 0 Å². The number of benzene rings is 1. The molecule has 2 aromatic heterocycles. The van der Waals surface area contributed by atoms with Crippen molar-refractivity contribution < 1.29 is 26.0 Å². The highest BCUT2D eigenvalue weighted by Crippen LogP contribution is 2.34. The fraction of sp³-hybridized carbons (Fsp3) is 0.550. The number of piperazine rings is 1. The summed E-state index contributed by atoms with van der Waals surface area (Å²) >= 11 is 0.650. The zero-order valence-electron chi connectivity index (χ0n) is 19.1. The van der Waals surface area contributed by atoms with Crippen LogP contribution in [0.4, 0.5) is 23.2 Å². The molecule has 0 bridgehead atoms. The summed E-state index contributed by atoms with van der Waals surface area (Å²) < 4.78 is 83.2. The first-order chi connectivity index (χ1) is 16.5. The molecule has 3 heterocycles. The quantitative estimate of drug-likeness (QED) is 0.427. The van der Waals surface area contributed by atoms with Gasteiger partial charge in [0.05, 0.1) is 22.1 Å². The van der Waals surface area contributed by atoms with Gasteiger partial charge in [-0.15, -0.1) is 10.2 Å². The number of hydrogen-bond donors (Lipinski definition) is 2. The third-order valence-corrected chi connectivity index (χ3v) is 8.10. The second kappa shape index (κ2) is 9.95. The van der Waals surface area contributed by atoms with E-state index < -0.39 is 39.8 Å². The molecule has 0 spiro atoms. The molecule has 1 aliphatic heterocycles. The number of aromatic nitrogens is 4. The monoisotopic (exact) mass is 535 g/mol. The van der Waals surface area contributed by atoms with Crippen LogP contribution in [0.5, 0.6) is 0 Å². The molecular weight excluding hydrogens is 510 g/mol. The number of nitrogens with one attached hydrogen (secondary N) is 2. The van der Waals surface area contributed by atoms with Crippen LogP contribution in [0.15, 0.2) is 23.4 Å². The first-order valence-corrected chi connectivity index (χ1v) is 13.2. The SMILES string of the molecule is CC(C)[C@@H](NS(=O)(=O)c1cc(N2CCN[C@@H](C)C2)c2ncn(-c3nnc(C(F)F)s3)c2c1)C(F)F. The van der Waals surface area contributed by atoms with E-state index in [2.05, 4.69) is 25.2 Å². The van der Waals surface area contributed by atoms with Gasteiger partial charge in [0, 0.05) is 25.7 Å². The smallest absolute Gasteiger partial charge is 0.291 e. The minimum Gasteiger partial charge on any atom is -0.367 e. The van der Waals surface area contributed by atoms with Gasteiger partial charge in [0.25, 0.3) is 12.9 Å². The number of halogens is 4. The molecule has 0 amide bonds. The number of anilines is 1. The van der Waals surface area contributed by atoms with Gasteiger partial charge in [-0.1, -0.05) is 25.2 Å². The van der Waals surface area contributed by atoms with Crippen molar-refractivity contribution >= 4 is 38.1 Å². The van der Waals surface area contributed by atoms with Crippen molar-refractivity contribution in [3.63, 3.8) is 0 Å². The Morgan fingerprint density at radius 1 is 1.20 bits per heavy atom. The van der Waals surface area contributed by atoms with Crippen molar-refractivity contribution in [3.05, 3.63) is 23.5 Å². The van der Waals surface area contributed by atoms with Crippen molar-refractivity contribution in [2.75, 3.05) is 24.5 Å². The van der Waals surface area contributed by atoms with Crippen LogP contribution >= 0.6 is 11.3 Å². The molecule has 2 N–H and O–H groups in total. The predicted octanol–water partition coefficient (Wildman–Crippen LogP) is 3.18. The second-order valence-electron chi connectivity index (χ2n) is 8.68. The van der Waals surface area contributed by atoms with Crippen molar-refractivity contribution in [3.8, 4) is 5.13 Å². The van der Waals surface area contributed by atoms with Gasteiger partial charge in [-0.3, -0.25) is 4.57 Å². The molecule has 1 aromatic carbocycles. The van der Waals surface area contributed by atoms with Crippen LogP contribution < -0.4 is 14.9 Å².